The average Bonchev–Trinajstić information content (AvgIpc) is 3.00. The molecule has 0 aromatic heterocycles. The summed E-state index contributed by atoms with van der Waals surface area (Å²) in [6.07, 6.45) is 0.819. The zero-order valence-electron chi connectivity index (χ0n) is 25.2. The molecule has 0 aliphatic carbocycles. The van der Waals surface area contributed by atoms with Crippen molar-refractivity contribution in [3.63, 3.8) is 0 Å². The molecule has 0 unspecified atom stereocenters. The Morgan fingerprint density at radius 1 is 0.886 bits per heavy atom. The summed E-state index contributed by atoms with van der Waals surface area (Å²) in [5.74, 6) is -0.159. The standard InChI is InChI=1S/C35H38ClNO6S/c1-4-9-34(39)42-43-35-25(2)20-32(21-26(35)3)44(40,41)31-16-14-27(15-17-31)18-19-37(23-28-10-6-5-7-11-28)24-33(38)29-12-8-13-30(36)22-29/h5-8,10-17,20-22,33,38H,4,9,18-19,23-24H2,1-3H3/t33-/m0/s1. The van der Waals surface area contributed by atoms with Crippen molar-refractivity contribution in [2.45, 2.75) is 62.5 Å². The van der Waals surface area contributed by atoms with Gasteiger partial charge in [0.05, 0.1) is 15.9 Å². The summed E-state index contributed by atoms with van der Waals surface area (Å²) in [7, 11) is -3.80. The maximum Gasteiger partial charge on any atom is 0.355 e. The Bertz CT molecular complexity index is 1640. The molecular formula is C35H38ClNO6S. The molecular weight excluding hydrogens is 598 g/mol. The number of halogens is 1. The first kappa shape index (κ1) is 33.2. The summed E-state index contributed by atoms with van der Waals surface area (Å²) in [6.45, 7) is 7.01. The van der Waals surface area contributed by atoms with Gasteiger partial charge in [0.25, 0.3) is 0 Å². The molecule has 0 radical (unpaired) electrons. The third-order valence-electron chi connectivity index (χ3n) is 7.28. The van der Waals surface area contributed by atoms with E-state index < -0.39 is 21.9 Å². The van der Waals surface area contributed by atoms with Crippen molar-refractivity contribution in [2.75, 3.05) is 13.1 Å². The van der Waals surface area contributed by atoms with Gasteiger partial charge in [0.1, 0.15) is 0 Å². The number of aliphatic hydroxyl groups is 1. The van der Waals surface area contributed by atoms with E-state index in [-0.39, 0.29) is 16.2 Å². The largest absolute Gasteiger partial charge is 0.387 e. The second-order valence-corrected chi connectivity index (χ2v) is 13.2. The van der Waals surface area contributed by atoms with Crippen LogP contribution in [0.15, 0.2) is 101 Å². The van der Waals surface area contributed by atoms with Gasteiger partial charge in [0.15, 0.2) is 5.75 Å². The van der Waals surface area contributed by atoms with Gasteiger partial charge in [-0.25, -0.2) is 13.2 Å². The Morgan fingerprint density at radius 3 is 2.20 bits per heavy atom. The first-order valence-electron chi connectivity index (χ1n) is 14.6. The van der Waals surface area contributed by atoms with E-state index in [9.17, 15) is 18.3 Å². The van der Waals surface area contributed by atoms with Crippen LogP contribution in [0.25, 0.3) is 0 Å². The van der Waals surface area contributed by atoms with Crippen LogP contribution in [0.3, 0.4) is 0 Å². The number of carbonyl (C=O) groups is 1. The van der Waals surface area contributed by atoms with E-state index in [0.29, 0.717) is 54.4 Å². The van der Waals surface area contributed by atoms with Crippen LogP contribution in [0.5, 0.6) is 5.75 Å². The smallest absolute Gasteiger partial charge is 0.355 e. The molecule has 1 atom stereocenters. The molecule has 4 rings (SSSR count). The van der Waals surface area contributed by atoms with Crippen LogP contribution in [0.4, 0.5) is 0 Å². The molecule has 44 heavy (non-hydrogen) atoms. The zero-order chi connectivity index (χ0) is 31.7. The monoisotopic (exact) mass is 635 g/mol. The lowest BCUT2D eigenvalue weighted by Crippen LogP contribution is -2.30. The number of hydrogen-bond acceptors (Lipinski definition) is 7. The van der Waals surface area contributed by atoms with E-state index in [0.717, 1.165) is 16.7 Å². The third-order valence-corrected chi connectivity index (χ3v) is 9.26. The van der Waals surface area contributed by atoms with Crippen LogP contribution in [0.1, 0.15) is 53.7 Å². The fourth-order valence-corrected chi connectivity index (χ4v) is 6.56. The Morgan fingerprint density at radius 2 is 1.57 bits per heavy atom. The molecule has 0 aliphatic heterocycles. The van der Waals surface area contributed by atoms with Gasteiger partial charge in [-0.15, -0.1) is 0 Å². The molecule has 7 nitrogen and oxygen atoms in total. The van der Waals surface area contributed by atoms with Crippen LogP contribution in [-0.4, -0.2) is 37.5 Å². The lowest BCUT2D eigenvalue weighted by atomic mass is 10.1. The molecule has 1 N–H and O–H groups in total. The minimum Gasteiger partial charge on any atom is -0.387 e. The number of sulfone groups is 1. The summed E-state index contributed by atoms with van der Waals surface area (Å²) in [6, 6.07) is 27.2. The molecule has 9 heteroatoms. The molecule has 0 aliphatic rings. The number of nitrogens with zero attached hydrogens (tertiary/aromatic N) is 1. The highest BCUT2D eigenvalue weighted by atomic mass is 35.5. The maximum absolute atomic E-state index is 13.5. The lowest BCUT2D eigenvalue weighted by Gasteiger charge is -2.25. The molecule has 232 valence electrons. The highest BCUT2D eigenvalue weighted by Gasteiger charge is 2.22. The molecule has 0 saturated carbocycles. The van der Waals surface area contributed by atoms with Gasteiger partial charge >= 0.3 is 5.97 Å². The van der Waals surface area contributed by atoms with E-state index in [2.05, 4.69) is 17.0 Å². The number of aliphatic hydroxyl groups excluding tert-OH is 1. The van der Waals surface area contributed by atoms with E-state index in [1.807, 2.05) is 49.4 Å². The van der Waals surface area contributed by atoms with Gasteiger partial charge in [0.2, 0.25) is 9.84 Å². The van der Waals surface area contributed by atoms with Crippen molar-refractivity contribution in [2.24, 2.45) is 0 Å². The van der Waals surface area contributed by atoms with Crippen molar-refractivity contribution in [3.8, 4) is 5.75 Å². The second kappa shape index (κ2) is 15.3. The summed E-state index contributed by atoms with van der Waals surface area (Å²) in [5, 5.41) is 11.5. The number of aryl methyl sites for hydroxylation is 2. The summed E-state index contributed by atoms with van der Waals surface area (Å²) < 4.78 is 27.0. The molecule has 4 aromatic carbocycles. The van der Waals surface area contributed by atoms with Gasteiger partial charge in [-0.05, 0) is 90.9 Å². The first-order chi connectivity index (χ1) is 21.1. The minimum atomic E-state index is -3.80. The average molecular weight is 636 g/mol. The third kappa shape index (κ3) is 8.92. The minimum absolute atomic E-state index is 0.136. The molecule has 0 spiro atoms. The van der Waals surface area contributed by atoms with Gasteiger partial charge in [0, 0.05) is 31.1 Å². The predicted molar refractivity (Wildman–Crippen MR) is 171 cm³/mol. The summed E-state index contributed by atoms with van der Waals surface area (Å²) >= 11 is 6.15. The fraction of sp³-hybridized carbons (Fsp3) is 0.286. The van der Waals surface area contributed by atoms with Gasteiger partial charge in [-0.1, -0.05) is 73.1 Å². The van der Waals surface area contributed by atoms with Crippen LogP contribution >= 0.6 is 11.6 Å². The summed E-state index contributed by atoms with van der Waals surface area (Å²) in [4.78, 5) is 24.3. The van der Waals surface area contributed by atoms with Gasteiger partial charge in [-0.3, -0.25) is 14.7 Å². The second-order valence-electron chi connectivity index (χ2n) is 10.9. The normalized spacial score (nSPS) is 12.2. The van der Waals surface area contributed by atoms with Crippen LogP contribution in [0, 0.1) is 13.8 Å². The highest BCUT2D eigenvalue weighted by molar-refractivity contribution is 7.91. The van der Waals surface area contributed by atoms with Crippen molar-refractivity contribution in [1.29, 1.82) is 0 Å². The van der Waals surface area contributed by atoms with Crippen molar-refractivity contribution >= 4 is 27.4 Å². The summed E-state index contributed by atoms with van der Waals surface area (Å²) in [5.41, 5.74) is 3.95. The molecule has 4 aromatic rings. The van der Waals surface area contributed by atoms with Crippen molar-refractivity contribution < 1.29 is 28.1 Å². The Kier molecular flexibility index (Phi) is 11.6. The lowest BCUT2D eigenvalue weighted by molar-refractivity contribution is -0.214. The molecule has 0 heterocycles. The SMILES string of the molecule is CCCC(=O)OOc1c(C)cc(S(=O)(=O)c2ccc(CCN(Cc3ccccc3)C[C@H](O)c3cccc(Cl)c3)cc2)cc1C. The van der Waals surface area contributed by atoms with Crippen molar-refractivity contribution in [1.82, 2.24) is 4.90 Å². The van der Waals surface area contributed by atoms with E-state index >= 15 is 0 Å². The molecule has 0 amide bonds. The quantitative estimate of drug-likeness (QED) is 0.116. The number of benzene rings is 4. The predicted octanol–water partition coefficient (Wildman–Crippen LogP) is 7.21. The molecule has 0 fully saturated rings. The topological polar surface area (TPSA) is 93.1 Å². The van der Waals surface area contributed by atoms with Crippen LogP contribution in [0.2, 0.25) is 5.02 Å². The Labute approximate surface area is 264 Å². The maximum atomic E-state index is 13.5. The van der Waals surface area contributed by atoms with Gasteiger partial charge < -0.3 is 5.11 Å². The van der Waals surface area contributed by atoms with Gasteiger partial charge in [-0.2, -0.15) is 0 Å². The van der Waals surface area contributed by atoms with Crippen LogP contribution < -0.4 is 4.89 Å². The van der Waals surface area contributed by atoms with E-state index in [1.165, 1.54) is 12.1 Å². The first-order valence-corrected chi connectivity index (χ1v) is 16.5. The number of carbonyl (C=O) groups excluding carboxylic acids is 1. The van der Waals surface area contributed by atoms with Crippen molar-refractivity contribution in [3.05, 3.63) is 124 Å². The molecule has 0 bridgehead atoms. The fourth-order valence-electron chi connectivity index (χ4n) is 4.93. The Hall–Kier alpha value is -3.69. The zero-order valence-corrected chi connectivity index (χ0v) is 26.8. The van der Waals surface area contributed by atoms with E-state index in [1.54, 1.807) is 38.1 Å². The Balaban J connectivity index is 1.45. The highest BCUT2D eigenvalue weighted by Crippen LogP contribution is 2.30. The van der Waals surface area contributed by atoms with E-state index in [4.69, 9.17) is 21.4 Å². The number of rotatable bonds is 14. The molecule has 0 saturated heterocycles. The van der Waals surface area contributed by atoms with Crippen LogP contribution in [-0.2, 0) is 32.5 Å². The number of hydrogen-bond donors (Lipinski definition) is 1.